The largest absolute Gasteiger partial charge is 0.314 e. The molecular weight excluding hydrogens is 162 g/mol. The van der Waals surface area contributed by atoms with Crippen LogP contribution in [0.4, 0.5) is 0 Å². The lowest BCUT2D eigenvalue weighted by atomic mass is 10.1. The number of hydrogen-bond acceptors (Lipinski definition) is 3. The van der Waals surface area contributed by atoms with Gasteiger partial charge in [-0.15, -0.1) is 0 Å². The van der Waals surface area contributed by atoms with Gasteiger partial charge in [-0.25, -0.2) is 0 Å². The summed E-state index contributed by atoms with van der Waals surface area (Å²) in [4.78, 5) is 6.62. The molecule has 2 heterocycles. The maximum Gasteiger partial charge on any atom is 0.0230 e. The minimum absolute atomic E-state index is 0.592. The first-order chi connectivity index (χ1) is 6.45. The molecule has 72 valence electrons. The molecule has 2 aliphatic heterocycles. The maximum absolute atomic E-state index is 4.09. The first-order valence-corrected chi connectivity index (χ1v) is 5.08. The van der Waals surface area contributed by atoms with Crippen LogP contribution in [0.3, 0.4) is 0 Å². The number of aliphatic imine (C=N–C) groups is 1. The van der Waals surface area contributed by atoms with Crippen LogP contribution in [0, 0.1) is 5.92 Å². The number of rotatable bonds is 3. The van der Waals surface area contributed by atoms with Crippen LogP contribution in [0.5, 0.6) is 0 Å². The summed E-state index contributed by atoms with van der Waals surface area (Å²) in [7, 11) is 0. The van der Waals surface area contributed by atoms with Gasteiger partial charge >= 0.3 is 0 Å². The number of nitrogens with zero attached hydrogens (tertiary/aromatic N) is 2. The van der Waals surface area contributed by atoms with E-state index in [1.54, 1.807) is 0 Å². The first kappa shape index (κ1) is 8.91. The summed E-state index contributed by atoms with van der Waals surface area (Å²) in [6.07, 6.45) is 7.35. The highest BCUT2D eigenvalue weighted by Crippen LogP contribution is 2.09. The van der Waals surface area contributed by atoms with Crippen molar-refractivity contribution in [3.63, 3.8) is 0 Å². The van der Waals surface area contributed by atoms with Crippen LogP contribution >= 0.6 is 0 Å². The quantitative estimate of drug-likeness (QED) is 0.683. The highest BCUT2D eigenvalue weighted by atomic mass is 15.2. The van der Waals surface area contributed by atoms with E-state index in [2.05, 4.69) is 21.3 Å². The maximum atomic E-state index is 4.09. The molecule has 0 aliphatic carbocycles. The normalized spacial score (nSPS) is 28.5. The van der Waals surface area contributed by atoms with Gasteiger partial charge in [0, 0.05) is 44.5 Å². The zero-order chi connectivity index (χ0) is 8.93. The molecular formula is C10H17N3. The topological polar surface area (TPSA) is 27.6 Å². The van der Waals surface area contributed by atoms with Crippen molar-refractivity contribution in [2.24, 2.45) is 10.9 Å². The fourth-order valence-electron chi connectivity index (χ4n) is 1.81. The molecule has 1 fully saturated rings. The van der Waals surface area contributed by atoms with Gasteiger partial charge in [-0.3, -0.25) is 4.99 Å². The molecule has 2 aliphatic rings. The van der Waals surface area contributed by atoms with Gasteiger partial charge in [0.1, 0.15) is 0 Å². The van der Waals surface area contributed by atoms with Crippen molar-refractivity contribution >= 4 is 6.21 Å². The van der Waals surface area contributed by atoms with Gasteiger partial charge in [0.15, 0.2) is 0 Å². The molecule has 0 radical (unpaired) electrons. The molecule has 1 saturated heterocycles. The van der Waals surface area contributed by atoms with E-state index in [1.807, 2.05) is 12.4 Å². The van der Waals surface area contributed by atoms with Gasteiger partial charge in [-0.2, -0.15) is 0 Å². The summed E-state index contributed by atoms with van der Waals surface area (Å²) in [5, 5.41) is 3.36. The Labute approximate surface area is 79.5 Å². The Bertz CT molecular complexity index is 192. The van der Waals surface area contributed by atoms with Crippen LogP contribution in [0.25, 0.3) is 0 Å². The molecule has 0 aromatic rings. The second-order valence-electron chi connectivity index (χ2n) is 3.68. The lowest BCUT2D eigenvalue weighted by Crippen LogP contribution is -2.44. The van der Waals surface area contributed by atoms with Crippen molar-refractivity contribution in [3.8, 4) is 0 Å². The molecule has 3 nitrogen and oxygen atoms in total. The summed E-state index contributed by atoms with van der Waals surface area (Å²) in [5.74, 6) is 0.592. The molecule has 1 unspecified atom stereocenters. The third kappa shape index (κ3) is 2.64. The van der Waals surface area contributed by atoms with Gasteiger partial charge in [0.2, 0.25) is 0 Å². The van der Waals surface area contributed by atoms with Crippen LogP contribution in [0.2, 0.25) is 0 Å². The van der Waals surface area contributed by atoms with Gasteiger partial charge in [0.05, 0.1) is 0 Å². The van der Waals surface area contributed by atoms with Crippen molar-refractivity contribution in [1.82, 2.24) is 10.2 Å². The highest BCUT2D eigenvalue weighted by molar-refractivity contribution is 5.66. The van der Waals surface area contributed by atoms with E-state index >= 15 is 0 Å². The first-order valence-electron chi connectivity index (χ1n) is 5.08. The van der Waals surface area contributed by atoms with E-state index in [9.17, 15) is 0 Å². The smallest absolute Gasteiger partial charge is 0.0230 e. The van der Waals surface area contributed by atoms with Crippen molar-refractivity contribution < 1.29 is 0 Å². The van der Waals surface area contributed by atoms with E-state index in [1.165, 1.54) is 26.1 Å². The van der Waals surface area contributed by atoms with E-state index in [4.69, 9.17) is 0 Å². The third-order valence-electron chi connectivity index (χ3n) is 2.69. The van der Waals surface area contributed by atoms with Crippen molar-refractivity contribution in [2.45, 2.75) is 6.42 Å². The van der Waals surface area contributed by atoms with Gasteiger partial charge < -0.3 is 10.2 Å². The Balaban J connectivity index is 1.66. The molecule has 0 saturated carbocycles. The molecule has 3 heteroatoms. The van der Waals surface area contributed by atoms with Crippen LogP contribution in [0.15, 0.2) is 17.3 Å². The Morgan fingerprint density at radius 2 is 2.23 bits per heavy atom. The summed E-state index contributed by atoms with van der Waals surface area (Å²) >= 11 is 0. The van der Waals surface area contributed by atoms with Crippen LogP contribution < -0.4 is 5.32 Å². The second kappa shape index (κ2) is 4.53. The monoisotopic (exact) mass is 179 g/mol. The fraction of sp³-hybridized carbons (Fsp3) is 0.700. The van der Waals surface area contributed by atoms with Crippen molar-refractivity contribution in [2.75, 3.05) is 32.7 Å². The van der Waals surface area contributed by atoms with E-state index in [0.29, 0.717) is 5.92 Å². The molecule has 0 aromatic carbocycles. The zero-order valence-corrected chi connectivity index (χ0v) is 7.95. The number of nitrogens with one attached hydrogen (secondary N) is 1. The predicted molar refractivity (Wildman–Crippen MR) is 55.0 cm³/mol. The van der Waals surface area contributed by atoms with E-state index in [0.717, 1.165) is 13.1 Å². The lowest BCUT2D eigenvalue weighted by Gasteiger charge is -2.27. The molecule has 13 heavy (non-hydrogen) atoms. The summed E-state index contributed by atoms with van der Waals surface area (Å²) < 4.78 is 0. The van der Waals surface area contributed by atoms with Crippen LogP contribution in [-0.2, 0) is 0 Å². The summed E-state index contributed by atoms with van der Waals surface area (Å²) in [5.41, 5.74) is 0. The van der Waals surface area contributed by atoms with E-state index in [-0.39, 0.29) is 0 Å². The predicted octanol–water partition coefficient (Wildman–Crippen LogP) is 0.496. The standard InChI is InChI=1S/C10H17N3/c1-3-12-9-10(1)2-6-13-7-4-11-5-8-13/h1,3,9-11H,2,4-8H2. The van der Waals surface area contributed by atoms with Crippen LogP contribution in [-0.4, -0.2) is 43.8 Å². The molecule has 0 bridgehead atoms. The van der Waals surface area contributed by atoms with E-state index < -0.39 is 0 Å². The van der Waals surface area contributed by atoms with Gasteiger partial charge in [0.25, 0.3) is 0 Å². The molecule has 2 rings (SSSR count). The minimum atomic E-state index is 0.592. The average molecular weight is 179 g/mol. The van der Waals surface area contributed by atoms with Crippen LogP contribution in [0.1, 0.15) is 6.42 Å². The number of piperazine rings is 1. The molecule has 1 atom stereocenters. The Morgan fingerprint density at radius 1 is 1.38 bits per heavy atom. The molecule has 0 aromatic heterocycles. The highest BCUT2D eigenvalue weighted by Gasteiger charge is 2.11. The van der Waals surface area contributed by atoms with Crippen molar-refractivity contribution in [3.05, 3.63) is 12.3 Å². The number of hydrogen-bond donors (Lipinski definition) is 1. The Hall–Kier alpha value is -0.670. The SMILES string of the molecule is C1=CC(CCN2CCNCC2)C=N1. The molecule has 0 spiro atoms. The molecule has 1 N–H and O–H groups in total. The summed E-state index contributed by atoms with van der Waals surface area (Å²) in [6.45, 7) is 5.91. The lowest BCUT2D eigenvalue weighted by molar-refractivity contribution is 0.236. The fourth-order valence-corrected chi connectivity index (χ4v) is 1.81. The Kier molecular flexibility index (Phi) is 3.11. The zero-order valence-electron chi connectivity index (χ0n) is 7.95. The average Bonchev–Trinajstić information content (AvgIpc) is 2.69. The number of allylic oxidation sites excluding steroid dienone is 1. The minimum Gasteiger partial charge on any atom is -0.314 e. The van der Waals surface area contributed by atoms with Crippen molar-refractivity contribution in [1.29, 1.82) is 0 Å². The third-order valence-corrected chi connectivity index (χ3v) is 2.69. The molecule has 0 amide bonds. The van der Waals surface area contributed by atoms with Gasteiger partial charge in [-0.1, -0.05) is 6.08 Å². The summed E-state index contributed by atoms with van der Waals surface area (Å²) in [6, 6.07) is 0. The van der Waals surface area contributed by atoms with Gasteiger partial charge in [-0.05, 0) is 13.0 Å². The Morgan fingerprint density at radius 3 is 2.92 bits per heavy atom. The second-order valence-corrected chi connectivity index (χ2v) is 3.68.